The Morgan fingerprint density at radius 1 is 1.19 bits per heavy atom. The summed E-state index contributed by atoms with van der Waals surface area (Å²) in [6, 6.07) is 15.0. The van der Waals surface area contributed by atoms with Crippen LogP contribution in [0.15, 0.2) is 53.1 Å². The molecule has 2 N–H and O–H groups in total. The lowest BCUT2D eigenvalue weighted by Crippen LogP contribution is -2.34. The summed E-state index contributed by atoms with van der Waals surface area (Å²) in [7, 11) is 0. The van der Waals surface area contributed by atoms with Gasteiger partial charge in [0.05, 0.1) is 5.02 Å². The van der Waals surface area contributed by atoms with Crippen LogP contribution < -0.4 is 10.6 Å². The molecule has 27 heavy (non-hydrogen) atoms. The van der Waals surface area contributed by atoms with E-state index in [-0.39, 0.29) is 5.11 Å². The number of amides is 1. The van der Waals surface area contributed by atoms with Gasteiger partial charge in [0.25, 0.3) is 5.91 Å². The van der Waals surface area contributed by atoms with Crippen LogP contribution in [0.4, 0.5) is 5.69 Å². The molecule has 0 aliphatic rings. The number of anilines is 1. The van der Waals surface area contributed by atoms with Crippen LogP contribution in [0.2, 0.25) is 5.02 Å². The molecular formula is C20H18ClN3O2S. The second kappa shape index (κ2) is 8.33. The van der Waals surface area contributed by atoms with E-state index in [4.69, 9.17) is 28.3 Å². The van der Waals surface area contributed by atoms with Crippen molar-refractivity contribution in [1.29, 1.82) is 0 Å². The summed E-state index contributed by atoms with van der Waals surface area (Å²) in [5.41, 5.74) is 3.32. The van der Waals surface area contributed by atoms with Crippen LogP contribution in [-0.4, -0.2) is 16.2 Å². The Balaban J connectivity index is 1.77. The molecule has 5 nitrogen and oxygen atoms in total. The molecule has 0 spiro atoms. The van der Waals surface area contributed by atoms with E-state index in [1.807, 2.05) is 30.3 Å². The van der Waals surface area contributed by atoms with Gasteiger partial charge in [-0.25, -0.2) is 0 Å². The van der Waals surface area contributed by atoms with Gasteiger partial charge in [-0.15, -0.1) is 0 Å². The number of carbonyl (C=O) groups is 1. The number of rotatable bonds is 4. The highest BCUT2D eigenvalue weighted by Gasteiger charge is 2.23. The minimum atomic E-state index is -0.411. The molecule has 0 aliphatic carbocycles. The number of benzene rings is 2. The standard InChI is InChI=1S/C20H18ClN3O2S/c1-3-13-8-10-14(11-9-13)22-20(27)23-19(25)17-12(2)26-24-18(17)15-6-4-5-7-16(15)21/h4-11H,3H2,1-2H3,(H2,22,23,25,27). The van der Waals surface area contributed by atoms with Crippen molar-refractivity contribution in [2.45, 2.75) is 20.3 Å². The number of aromatic nitrogens is 1. The summed E-state index contributed by atoms with van der Waals surface area (Å²) in [6.45, 7) is 3.76. The summed E-state index contributed by atoms with van der Waals surface area (Å²) in [5.74, 6) is -0.0242. The van der Waals surface area contributed by atoms with Crippen LogP contribution in [0.5, 0.6) is 0 Å². The third-order valence-corrected chi connectivity index (χ3v) is 4.60. The first-order chi connectivity index (χ1) is 13.0. The molecule has 0 bridgehead atoms. The molecule has 138 valence electrons. The zero-order valence-corrected chi connectivity index (χ0v) is 16.4. The number of nitrogens with one attached hydrogen (secondary N) is 2. The van der Waals surface area contributed by atoms with E-state index in [9.17, 15) is 4.79 Å². The highest BCUT2D eigenvalue weighted by atomic mass is 35.5. The number of halogens is 1. The molecule has 0 fully saturated rings. The largest absolute Gasteiger partial charge is 0.360 e. The van der Waals surface area contributed by atoms with Crippen LogP contribution >= 0.6 is 23.8 Å². The van der Waals surface area contributed by atoms with Gasteiger partial charge in [0.1, 0.15) is 17.0 Å². The number of carbonyl (C=O) groups excluding carboxylic acids is 1. The Hall–Kier alpha value is -2.70. The van der Waals surface area contributed by atoms with Crippen molar-refractivity contribution in [2.75, 3.05) is 5.32 Å². The lowest BCUT2D eigenvalue weighted by molar-refractivity contribution is 0.0977. The first-order valence-electron chi connectivity index (χ1n) is 8.42. The van der Waals surface area contributed by atoms with Gasteiger partial charge < -0.3 is 9.84 Å². The molecule has 0 unspecified atom stereocenters. The monoisotopic (exact) mass is 399 g/mol. The topological polar surface area (TPSA) is 67.2 Å². The maximum absolute atomic E-state index is 12.8. The van der Waals surface area contributed by atoms with Gasteiger partial charge in [-0.3, -0.25) is 10.1 Å². The van der Waals surface area contributed by atoms with Gasteiger partial charge in [0.15, 0.2) is 5.11 Å². The summed E-state index contributed by atoms with van der Waals surface area (Å²) in [5, 5.41) is 10.3. The molecular weight excluding hydrogens is 382 g/mol. The van der Waals surface area contributed by atoms with Crippen LogP contribution in [0.25, 0.3) is 11.3 Å². The molecule has 0 radical (unpaired) electrons. The Morgan fingerprint density at radius 3 is 2.56 bits per heavy atom. The number of nitrogens with zero attached hydrogens (tertiary/aromatic N) is 1. The minimum Gasteiger partial charge on any atom is -0.360 e. The predicted molar refractivity (Wildman–Crippen MR) is 111 cm³/mol. The molecule has 3 rings (SSSR count). The quantitative estimate of drug-likeness (QED) is 0.605. The average Bonchev–Trinajstić information content (AvgIpc) is 3.04. The first-order valence-corrected chi connectivity index (χ1v) is 9.20. The second-order valence-electron chi connectivity index (χ2n) is 5.90. The van der Waals surface area contributed by atoms with Gasteiger partial charge in [-0.1, -0.05) is 54.0 Å². The third-order valence-electron chi connectivity index (χ3n) is 4.07. The van der Waals surface area contributed by atoms with E-state index in [1.54, 1.807) is 25.1 Å². The molecule has 0 saturated carbocycles. The van der Waals surface area contributed by atoms with Gasteiger partial charge >= 0.3 is 0 Å². The lowest BCUT2D eigenvalue weighted by Gasteiger charge is -2.10. The molecule has 0 saturated heterocycles. The summed E-state index contributed by atoms with van der Waals surface area (Å²) in [4.78, 5) is 12.8. The van der Waals surface area contributed by atoms with Crippen molar-refractivity contribution in [2.24, 2.45) is 0 Å². The van der Waals surface area contributed by atoms with Crippen molar-refractivity contribution in [3.8, 4) is 11.3 Å². The molecule has 3 aromatic rings. The molecule has 2 aromatic carbocycles. The van der Waals surface area contributed by atoms with E-state index >= 15 is 0 Å². The molecule has 7 heteroatoms. The summed E-state index contributed by atoms with van der Waals surface area (Å²) >= 11 is 11.5. The first kappa shape index (κ1) is 19.1. The second-order valence-corrected chi connectivity index (χ2v) is 6.72. The molecule has 1 aromatic heterocycles. The van der Waals surface area contributed by atoms with Crippen LogP contribution in [0.3, 0.4) is 0 Å². The fourth-order valence-electron chi connectivity index (χ4n) is 2.63. The zero-order chi connectivity index (χ0) is 19.4. The van der Waals surface area contributed by atoms with E-state index in [0.29, 0.717) is 27.6 Å². The van der Waals surface area contributed by atoms with Crippen LogP contribution in [0.1, 0.15) is 28.6 Å². The normalized spacial score (nSPS) is 10.5. The number of hydrogen-bond acceptors (Lipinski definition) is 4. The number of aryl methyl sites for hydroxylation is 2. The average molecular weight is 400 g/mol. The van der Waals surface area contributed by atoms with Crippen LogP contribution in [0, 0.1) is 6.92 Å². The van der Waals surface area contributed by atoms with Gasteiger partial charge in [0.2, 0.25) is 0 Å². The predicted octanol–water partition coefficient (Wildman–Crippen LogP) is 4.99. The fraction of sp³-hybridized carbons (Fsp3) is 0.150. The molecule has 0 aliphatic heterocycles. The van der Waals surface area contributed by atoms with Gasteiger partial charge in [0, 0.05) is 11.3 Å². The Kier molecular flexibility index (Phi) is 5.88. The number of thiocarbonyl (C=S) groups is 1. The fourth-order valence-corrected chi connectivity index (χ4v) is 3.06. The highest BCUT2D eigenvalue weighted by Crippen LogP contribution is 2.30. The number of hydrogen-bond donors (Lipinski definition) is 2. The van der Waals surface area contributed by atoms with Crippen LogP contribution in [-0.2, 0) is 6.42 Å². The smallest absolute Gasteiger partial charge is 0.263 e. The SMILES string of the molecule is CCc1ccc(NC(=S)NC(=O)c2c(-c3ccccc3Cl)noc2C)cc1. The molecule has 0 atom stereocenters. The minimum absolute atomic E-state index is 0.190. The third kappa shape index (κ3) is 4.35. The lowest BCUT2D eigenvalue weighted by atomic mass is 10.1. The van der Waals surface area contributed by atoms with E-state index in [1.165, 1.54) is 5.56 Å². The Labute approximate surface area is 167 Å². The zero-order valence-electron chi connectivity index (χ0n) is 14.9. The highest BCUT2D eigenvalue weighted by molar-refractivity contribution is 7.80. The maximum Gasteiger partial charge on any atom is 0.263 e. The van der Waals surface area contributed by atoms with Crippen molar-refractivity contribution in [3.05, 3.63) is 70.4 Å². The van der Waals surface area contributed by atoms with E-state index in [2.05, 4.69) is 22.7 Å². The Bertz CT molecular complexity index is 983. The van der Waals surface area contributed by atoms with Crippen molar-refractivity contribution in [3.63, 3.8) is 0 Å². The molecule has 1 heterocycles. The molecule has 1 amide bonds. The van der Waals surface area contributed by atoms with Crippen molar-refractivity contribution < 1.29 is 9.32 Å². The van der Waals surface area contributed by atoms with Crippen molar-refractivity contribution >= 4 is 40.5 Å². The van der Waals surface area contributed by atoms with E-state index in [0.717, 1.165) is 12.1 Å². The van der Waals surface area contributed by atoms with Crippen molar-refractivity contribution in [1.82, 2.24) is 10.5 Å². The van der Waals surface area contributed by atoms with E-state index < -0.39 is 5.91 Å². The summed E-state index contributed by atoms with van der Waals surface area (Å²) in [6.07, 6.45) is 0.957. The maximum atomic E-state index is 12.8. The van der Waals surface area contributed by atoms with Gasteiger partial charge in [-0.2, -0.15) is 0 Å². The van der Waals surface area contributed by atoms with Gasteiger partial charge in [-0.05, 0) is 49.3 Å². The Morgan fingerprint density at radius 2 is 1.89 bits per heavy atom. The summed E-state index contributed by atoms with van der Waals surface area (Å²) < 4.78 is 5.22.